The van der Waals surface area contributed by atoms with E-state index < -0.39 is 23.6 Å². The van der Waals surface area contributed by atoms with Crippen LogP contribution < -0.4 is 5.32 Å². The van der Waals surface area contributed by atoms with E-state index in [1.807, 2.05) is 0 Å². The Kier molecular flexibility index (Phi) is 6.46. The van der Waals surface area contributed by atoms with Gasteiger partial charge in [-0.3, -0.25) is 4.79 Å². The summed E-state index contributed by atoms with van der Waals surface area (Å²) < 4.78 is 93.5. The highest BCUT2D eigenvalue weighted by Gasteiger charge is 2.73. The maximum absolute atomic E-state index is 14.5. The van der Waals surface area contributed by atoms with E-state index in [-0.39, 0.29) is 41.9 Å². The van der Waals surface area contributed by atoms with Crippen LogP contribution in [-0.2, 0) is 16.9 Å². The number of benzene rings is 1. The zero-order valence-corrected chi connectivity index (χ0v) is 19.0. The zero-order chi connectivity index (χ0) is 25.8. The summed E-state index contributed by atoms with van der Waals surface area (Å²) in [5.41, 5.74) is -6.12. The first-order valence-electron chi connectivity index (χ1n) is 11.5. The van der Waals surface area contributed by atoms with Crippen molar-refractivity contribution >= 4 is 11.9 Å². The monoisotopic (exact) mass is 509 g/mol. The Bertz CT molecular complexity index is 972. The third-order valence-electron chi connectivity index (χ3n) is 7.51. The second-order valence-corrected chi connectivity index (χ2v) is 9.49. The molecule has 35 heavy (non-hydrogen) atoms. The zero-order valence-electron chi connectivity index (χ0n) is 19.0. The van der Waals surface area contributed by atoms with Crippen molar-refractivity contribution in [2.45, 2.75) is 75.1 Å². The second kappa shape index (κ2) is 8.85. The number of halogens is 7. The van der Waals surface area contributed by atoms with Crippen molar-refractivity contribution in [1.29, 1.82) is 0 Å². The molecule has 0 bridgehead atoms. The van der Waals surface area contributed by atoms with E-state index >= 15 is 0 Å². The molecule has 4 rings (SSSR count). The number of piperidine rings is 1. The van der Waals surface area contributed by atoms with Crippen LogP contribution in [0.5, 0.6) is 0 Å². The first-order valence-corrected chi connectivity index (χ1v) is 11.5. The number of urea groups is 1. The van der Waals surface area contributed by atoms with Gasteiger partial charge in [-0.15, -0.1) is 0 Å². The van der Waals surface area contributed by atoms with Gasteiger partial charge < -0.3 is 15.1 Å². The molecule has 0 aromatic heterocycles. The van der Waals surface area contributed by atoms with E-state index in [2.05, 4.69) is 5.32 Å². The highest BCUT2D eigenvalue weighted by atomic mass is 19.4. The predicted octanol–water partition coefficient (Wildman–Crippen LogP) is 4.80. The molecule has 1 aromatic rings. The van der Waals surface area contributed by atoms with Gasteiger partial charge in [0.25, 0.3) is 0 Å². The molecule has 1 N–H and O–H groups in total. The molecule has 2 aliphatic heterocycles. The number of rotatable bonds is 2. The number of nitrogens with zero attached hydrogens (tertiary/aromatic N) is 2. The van der Waals surface area contributed by atoms with E-state index in [0.29, 0.717) is 63.0 Å². The van der Waals surface area contributed by atoms with E-state index in [4.69, 9.17) is 0 Å². The van der Waals surface area contributed by atoms with Gasteiger partial charge in [-0.2, -0.15) is 26.3 Å². The van der Waals surface area contributed by atoms with Crippen LogP contribution in [-0.4, -0.2) is 65.8 Å². The SMILES string of the molecule is CC(=O)N1CCC(NC(=O)N2CC[C@H]3c4ccc(C(F)(C(F)(F)F)C(F)(F)F)cc4CC[C@H]32)CC1. The van der Waals surface area contributed by atoms with Gasteiger partial charge in [-0.1, -0.05) is 18.2 Å². The Hall–Kier alpha value is -2.53. The van der Waals surface area contributed by atoms with Crippen LogP contribution in [0, 0.1) is 0 Å². The van der Waals surface area contributed by atoms with Crippen molar-refractivity contribution in [3.63, 3.8) is 0 Å². The molecule has 5 nitrogen and oxygen atoms in total. The van der Waals surface area contributed by atoms with Crippen LogP contribution in [0.1, 0.15) is 55.2 Å². The first-order chi connectivity index (χ1) is 16.2. The van der Waals surface area contributed by atoms with Gasteiger partial charge in [-0.25, -0.2) is 9.18 Å². The van der Waals surface area contributed by atoms with Crippen LogP contribution in [0.2, 0.25) is 0 Å². The van der Waals surface area contributed by atoms with E-state index in [1.165, 1.54) is 6.92 Å². The molecule has 1 aromatic carbocycles. The Labute approximate surface area is 197 Å². The summed E-state index contributed by atoms with van der Waals surface area (Å²) in [6.45, 7) is 2.99. The normalized spacial score (nSPS) is 23.7. The number of fused-ring (bicyclic) bond motifs is 3. The predicted molar refractivity (Wildman–Crippen MR) is 111 cm³/mol. The molecule has 12 heteroatoms. The van der Waals surface area contributed by atoms with Gasteiger partial charge in [-0.05, 0) is 43.2 Å². The molecule has 2 heterocycles. The van der Waals surface area contributed by atoms with Crippen molar-refractivity contribution in [3.8, 4) is 0 Å². The lowest BCUT2D eigenvalue weighted by molar-refractivity contribution is -0.348. The lowest BCUT2D eigenvalue weighted by atomic mass is 9.77. The van der Waals surface area contributed by atoms with Gasteiger partial charge >= 0.3 is 24.1 Å². The van der Waals surface area contributed by atoms with Crippen LogP contribution in [0.15, 0.2) is 18.2 Å². The number of nitrogens with one attached hydrogen (secondary N) is 1. The molecule has 3 amide bonds. The number of hydrogen-bond acceptors (Lipinski definition) is 2. The maximum atomic E-state index is 14.5. The van der Waals surface area contributed by atoms with Crippen molar-refractivity contribution < 1.29 is 40.3 Å². The molecular formula is C23H26F7N3O2. The first kappa shape index (κ1) is 25.6. The number of carbonyl (C=O) groups excluding carboxylic acids is 2. The second-order valence-electron chi connectivity index (χ2n) is 9.49. The molecule has 0 radical (unpaired) electrons. The summed E-state index contributed by atoms with van der Waals surface area (Å²) in [5, 5.41) is 2.99. The molecule has 1 aliphatic carbocycles. The van der Waals surface area contributed by atoms with Crippen LogP contribution in [0.3, 0.4) is 0 Å². The van der Waals surface area contributed by atoms with Gasteiger partial charge in [0.15, 0.2) is 0 Å². The van der Waals surface area contributed by atoms with Gasteiger partial charge in [0.2, 0.25) is 5.91 Å². The Morgan fingerprint density at radius 3 is 2.11 bits per heavy atom. The number of alkyl halides is 7. The summed E-state index contributed by atoms with van der Waals surface area (Å²) in [7, 11) is 0. The number of carbonyl (C=O) groups is 2. The van der Waals surface area contributed by atoms with Crippen LogP contribution in [0.4, 0.5) is 35.5 Å². The molecule has 2 saturated heterocycles. The standard InChI is InChI=1S/C23H26F7N3O2/c1-13(34)32-9-6-16(7-10-32)31-20(35)33-11-8-18-17-4-3-15(12-14(17)2-5-19(18)33)21(24,22(25,26)27)23(28,29)30/h3-4,12,16,18-19H,2,5-11H2,1H3,(H,31,35)/t18-,19+/m0/s1. The summed E-state index contributed by atoms with van der Waals surface area (Å²) in [6.07, 6.45) is -10.1. The minimum absolute atomic E-state index is 0.0170. The topological polar surface area (TPSA) is 52.7 Å². The van der Waals surface area contributed by atoms with E-state index in [0.717, 1.165) is 6.07 Å². The van der Waals surface area contributed by atoms with Gasteiger partial charge in [0.05, 0.1) is 0 Å². The van der Waals surface area contributed by atoms with E-state index in [9.17, 15) is 40.3 Å². The molecule has 3 aliphatic rings. The quantitative estimate of drug-likeness (QED) is 0.583. The lowest BCUT2D eigenvalue weighted by Crippen LogP contribution is -2.51. The smallest absolute Gasteiger partial charge is 0.343 e. The molecule has 0 saturated carbocycles. The number of likely N-dealkylation sites (tertiary alicyclic amines) is 2. The van der Waals surface area contributed by atoms with E-state index in [1.54, 1.807) is 9.80 Å². The summed E-state index contributed by atoms with van der Waals surface area (Å²) in [6, 6.07) is 1.79. The number of aryl methyl sites for hydroxylation is 1. The fourth-order valence-electron chi connectivity index (χ4n) is 5.61. The van der Waals surface area contributed by atoms with Crippen molar-refractivity contribution in [2.75, 3.05) is 19.6 Å². The molecule has 0 spiro atoms. The molecule has 194 valence electrons. The Balaban J connectivity index is 1.48. The number of amides is 3. The minimum atomic E-state index is -6.15. The maximum Gasteiger partial charge on any atom is 0.435 e. The fourth-order valence-corrected chi connectivity index (χ4v) is 5.61. The van der Waals surface area contributed by atoms with Crippen LogP contribution >= 0.6 is 0 Å². The Morgan fingerprint density at radius 2 is 1.54 bits per heavy atom. The molecule has 0 unspecified atom stereocenters. The highest BCUT2D eigenvalue weighted by Crippen LogP contribution is 2.54. The van der Waals surface area contributed by atoms with Crippen molar-refractivity contribution in [2.24, 2.45) is 0 Å². The van der Waals surface area contributed by atoms with Crippen molar-refractivity contribution in [1.82, 2.24) is 15.1 Å². The average molecular weight is 509 g/mol. The molecular weight excluding hydrogens is 483 g/mol. The number of hydrogen-bond donors (Lipinski definition) is 1. The highest BCUT2D eigenvalue weighted by molar-refractivity contribution is 5.76. The third kappa shape index (κ3) is 4.44. The average Bonchev–Trinajstić information content (AvgIpc) is 3.21. The van der Waals surface area contributed by atoms with Gasteiger partial charge in [0, 0.05) is 50.1 Å². The molecule has 2 fully saturated rings. The Morgan fingerprint density at radius 1 is 0.914 bits per heavy atom. The lowest BCUT2D eigenvalue weighted by Gasteiger charge is -2.37. The largest absolute Gasteiger partial charge is 0.435 e. The summed E-state index contributed by atoms with van der Waals surface area (Å²) in [5.74, 6) is -0.263. The molecule has 2 atom stereocenters. The third-order valence-corrected chi connectivity index (χ3v) is 7.51. The van der Waals surface area contributed by atoms with Gasteiger partial charge in [0.1, 0.15) is 0 Å². The van der Waals surface area contributed by atoms with Crippen molar-refractivity contribution in [3.05, 3.63) is 34.9 Å². The van der Waals surface area contributed by atoms with Crippen LogP contribution in [0.25, 0.3) is 0 Å². The summed E-state index contributed by atoms with van der Waals surface area (Å²) >= 11 is 0. The minimum Gasteiger partial charge on any atom is -0.343 e. The fraction of sp³-hybridized carbons (Fsp3) is 0.652. The summed E-state index contributed by atoms with van der Waals surface area (Å²) in [4.78, 5) is 27.8.